The zero-order valence-electron chi connectivity index (χ0n) is 16.9. The molecule has 1 aromatic carbocycles. The van der Waals surface area contributed by atoms with Crippen LogP contribution in [0.2, 0.25) is 0 Å². The summed E-state index contributed by atoms with van der Waals surface area (Å²) >= 11 is 0. The van der Waals surface area contributed by atoms with Gasteiger partial charge in [-0.25, -0.2) is 9.37 Å². The van der Waals surface area contributed by atoms with E-state index in [2.05, 4.69) is 14.9 Å². The summed E-state index contributed by atoms with van der Waals surface area (Å²) in [5.41, 5.74) is 1.23. The lowest BCUT2D eigenvalue weighted by atomic mass is 9.91. The summed E-state index contributed by atoms with van der Waals surface area (Å²) < 4.78 is 13.9. The molecule has 0 bridgehead atoms. The van der Waals surface area contributed by atoms with Crippen molar-refractivity contribution in [3.8, 4) is 0 Å². The van der Waals surface area contributed by atoms with Crippen molar-refractivity contribution in [3.05, 3.63) is 53.7 Å². The first-order valence-electron chi connectivity index (χ1n) is 10.8. The first-order valence-corrected chi connectivity index (χ1v) is 10.8. The average Bonchev–Trinajstić information content (AvgIpc) is 2.79. The highest BCUT2D eigenvalue weighted by atomic mass is 19.1. The van der Waals surface area contributed by atoms with Gasteiger partial charge in [-0.05, 0) is 62.5 Å². The summed E-state index contributed by atoms with van der Waals surface area (Å²) in [6.07, 6.45) is 10.6. The number of halogens is 1. The predicted molar refractivity (Wildman–Crippen MR) is 111 cm³/mol. The molecule has 0 aliphatic carbocycles. The molecular weight excluding hydrogens is 367 g/mol. The van der Waals surface area contributed by atoms with E-state index in [4.69, 9.17) is 0 Å². The minimum Gasteiger partial charge on any atom is -0.355 e. The second-order valence-electron chi connectivity index (χ2n) is 8.20. The molecule has 0 saturated carbocycles. The van der Waals surface area contributed by atoms with E-state index in [0.717, 1.165) is 76.1 Å². The Morgan fingerprint density at radius 3 is 2.72 bits per heavy atom. The molecule has 2 fully saturated rings. The van der Waals surface area contributed by atoms with Gasteiger partial charge in [-0.3, -0.25) is 9.78 Å². The van der Waals surface area contributed by atoms with Crippen LogP contribution in [0.5, 0.6) is 0 Å². The van der Waals surface area contributed by atoms with Crippen molar-refractivity contribution in [3.63, 3.8) is 0 Å². The van der Waals surface area contributed by atoms with Gasteiger partial charge in [0.05, 0.1) is 12.4 Å². The third-order valence-electron chi connectivity index (χ3n) is 6.11. The van der Waals surface area contributed by atoms with Gasteiger partial charge in [-0.2, -0.15) is 0 Å². The maximum atomic E-state index is 13.9. The number of rotatable bonds is 5. The Hall–Kier alpha value is -2.50. The van der Waals surface area contributed by atoms with Crippen LogP contribution in [0.25, 0.3) is 0 Å². The lowest BCUT2D eigenvalue weighted by Crippen LogP contribution is -2.38. The number of carbonyl (C=O) groups excluding carboxylic acids is 1. The number of hydrogen-bond acceptors (Lipinski definition) is 4. The standard InChI is InChI=1S/C23H29FN4O/c24-20-9-3-2-8-19(20)11-10-18-7-6-14-28(17-18)22-16-25-15-21(26-22)23(29)27-12-4-1-5-13-27/h2-3,8-9,15-16,18H,1,4-7,10-14,17H2/t18-/m1/s1. The van der Waals surface area contributed by atoms with E-state index < -0.39 is 0 Å². The van der Waals surface area contributed by atoms with Crippen molar-refractivity contribution in [2.24, 2.45) is 5.92 Å². The van der Waals surface area contributed by atoms with Crippen LogP contribution in [-0.4, -0.2) is 47.0 Å². The van der Waals surface area contributed by atoms with E-state index in [0.29, 0.717) is 11.6 Å². The Morgan fingerprint density at radius 2 is 1.90 bits per heavy atom. The average molecular weight is 397 g/mol. The number of likely N-dealkylation sites (tertiary alicyclic amines) is 1. The number of carbonyl (C=O) groups is 1. The Labute approximate surface area is 172 Å². The number of nitrogens with zero attached hydrogens (tertiary/aromatic N) is 4. The summed E-state index contributed by atoms with van der Waals surface area (Å²) in [5.74, 6) is 1.15. The van der Waals surface area contributed by atoms with Gasteiger partial charge in [0, 0.05) is 26.2 Å². The van der Waals surface area contributed by atoms with E-state index in [-0.39, 0.29) is 11.7 Å². The Balaban J connectivity index is 1.39. The maximum Gasteiger partial charge on any atom is 0.274 e. The zero-order chi connectivity index (χ0) is 20.1. The summed E-state index contributed by atoms with van der Waals surface area (Å²) in [6.45, 7) is 3.43. The van der Waals surface area contributed by atoms with Gasteiger partial charge < -0.3 is 9.80 Å². The largest absolute Gasteiger partial charge is 0.355 e. The molecular formula is C23H29FN4O. The second kappa shape index (κ2) is 9.33. The third kappa shape index (κ3) is 4.92. The number of aromatic nitrogens is 2. The molecule has 3 heterocycles. The highest BCUT2D eigenvalue weighted by Crippen LogP contribution is 2.25. The first kappa shape index (κ1) is 19.8. The lowest BCUT2D eigenvalue weighted by molar-refractivity contribution is 0.0718. The van der Waals surface area contributed by atoms with Crippen molar-refractivity contribution in [2.75, 3.05) is 31.1 Å². The molecule has 29 heavy (non-hydrogen) atoms. The summed E-state index contributed by atoms with van der Waals surface area (Å²) in [4.78, 5) is 25.8. The molecule has 2 aliphatic heterocycles. The number of piperidine rings is 2. The molecule has 2 aromatic rings. The summed E-state index contributed by atoms with van der Waals surface area (Å²) in [6, 6.07) is 7.03. The Bertz CT molecular complexity index is 837. The summed E-state index contributed by atoms with van der Waals surface area (Å²) in [7, 11) is 0. The number of anilines is 1. The van der Waals surface area contributed by atoms with Gasteiger partial charge in [0.15, 0.2) is 0 Å². The molecule has 2 saturated heterocycles. The van der Waals surface area contributed by atoms with E-state index in [9.17, 15) is 9.18 Å². The minimum absolute atomic E-state index is 0.00726. The fourth-order valence-corrected chi connectivity index (χ4v) is 4.44. The molecule has 4 rings (SSSR count). The highest BCUT2D eigenvalue weighted by molar-refractivity contribution is 5.92. The Kier molecular flexibility index (Phi) is 6.37. The smallest absolute Gasteiger partial charge is 0.274 e. The maximum absolute atomic E-state index is 13.9. The van der Waals surface area contributed by atoms with Crippen molar-refractivity contribution >= 4 is 11.7 Å². The van der Waals surface area contributed by atoms with Crippen LogP contribution in [0.1, 0.15) is 54.6 Å². The van der Waals surface area contributed by atoms with Gasteiger partial charge in [-0.15, -0.1) is 0 Å². The molecule has 0 unspecified atom stereocenters. The Morgan fingerprint density at radius 1 is 1.07 bits per heavy atom. The highest BCUT2D eigenvalue weighted by Gasteiger charge is 2.24. The SMILES string of the molecule is O=C(c1cncc(N2CCC[C@H](CCc3ccccc3F)C2)n1)N1CCCCC1. The zero-order valence-corrected chi connectivity index (χ0v) is 16.9. The third-order valence-corrected chi connectivity index (χ3v) is 6.11. The molecule has 0 N–H and O–H groups in total. The number of aryl methyl sites for hydroxylation is 1. The predicted octanol–water partition coefficient (Wildman–Crippen LogP) is 4.09. The molecule has 1 amide bonds. The van der Waals surface area contributed by atoms with Gasteiger partial charge in [-0.1, -0.05) is 18.2 Å². The van der Waals surface area contributed by atoms with Gasteiger partial charge in [0.25, 0.3) is 5.91 Å². The van der Waals surface area contributed by atoms with Gasteiger partial charge in [0.1, 0.15) is 17.3 Å². The number of hydrogen-bond donors (Lipinski definition) is 0. The van der Waals surface area contributed by atoms with Crippen LogP contribution in [-0.2, 0) is 6.42 Å². The molecule has 0 radical (unpaired) electrons. The molecule has 154 valence electrons. The molecule has 6 heteroatoms. The summed E-state index contributed by atoms with van der Waals surface area (Å²) in [5, 5.41) is 0. The molecule has 0 spiro atoms. The molecule has 1 aromatic heterocycles. The molecule has 2 aliphatic rings. The van der Waals surface area contributed by atoms with Crippen molar-refractivity contribution in [2.45, 2.75) is 44.9 Å². The van der Waals surface area contributed by atoms with E-state index in [1.165, 1.54) is 12.5 Å². The normalized spacial score (nSPS) is 20.0. The molecule has 5 nitrogen and oxygen atoms in total. The van der Waals surface area contributed by atoms with Crippen LogP contribution >= 0.6 is 0 Å². The number of benzene rings is 1. The van der Waals surface area contributed by atoms with Crippen LogP contribution in [0, 0.1) is 11.7 Å². The van der Waals surface area contributed by atoms with Crippen molar-refractivity contribution in [1.29, 1.82) is 0 Å². The van der Waals surface area contributed by atoms with E-state index in [1.807, 2.05) is 17.0 Å². The van der Waals surface area contributed by atoms with Gasteiger partial charge >= 0.3 is 0 Å². The van der Waals surface area contributed by atoms with E-state index >= 15 is 0 Å². The van der Waals surface area contributed by atoms with Crippen molar-refractivity contribution < 1.29 is 9.18 Å². The fourth-order valence-electron chi connectivity index (χ4n) is 4.44. The first-order chi connectivity index (χ1) is 14.2. The monoisotopic (exact) mass is 396 g/mol. The van der Waals surface area contributed by atoms with Crippen LogP contribution in [0.3, 0.4) is 0 Å². The fraction of sp³-hybridized carbons (Fsp3) is 0.522. The lowest BCUT2D eigenvalue weighted by Gasteiger charge is -2.34. The minimum atomic E-state index is -0.116. The van der Waals surface area contributed by atoms with Gasteiger partial charge in [0.2, 0.25) is 0 Å². The molecule has 1 atom stereocenters. The van der Waals surface area contributed by atoms with Crippen LogP contribution in [0.15, 0.2) is 36.7 Å². The van der Waals surface area contributed by atoms with Crippen LogP contribution in [0.4, 0.5) is 10.2 Å². The quantitative estimate of drug-likeness (QED) is 0.764. The van der Waals surface area contributed by atoms with Crippen molar-refractivity contribution in [1.82, 2.24) is 14.9 Å². The number of amides is 1. The topological polar surface area (TPSA) is 49.3 Å². The second-order valence-corrected chi connectivity index (χ2v) is 8.20. The van der Waals surface area contributed by atoms with E-state index in [1.54, 1.807) is 18.5 Å². The van der Waals surface area contributed by atoms with Crippen LogP contribution < -0.4 is 4.90 Å².